The SMILES string of the molecule is CCNC(C)(CCCOc1cccc(C)c1C)C(=O)O. The summed E-state index contributed by atoms with van der Waals surface area (Å²) in [5, 5.41) is 12.3. The van der Waals surface area contributed by atoms with Crippen LogP contribution in [0, 0.1) is 13.8 Å². The summed E-state index contributed by atoms with van der Waals surface area (Å²) in [6.45, 7) is 8.88. The summed E-state index contributed by atoms with van der Waals surface area (Å²) >= 11 is 0. The molecule has 2 N–H and O–H groups in total. The molecule has 0 heterocycles. The van der Waals surface area contributed by atoms with Crippen LogP contribution in [0.3, 0.4) is 0 Å². The van der Waals surface area contributed by atoms with E-state index in [1.807, 2.05) is 26.0 Å². The number of aliphatic carboxylic acids is 1. The van der Waals surface area contributed by atoms with Crippen molar-refractivity contribution in [3.05, 3.63) is 29.3 Å². The maximum Gasteiger partial charge on any atom is 0.323 e. The highest BCUT2D eigenvalue weighted by molar-refractivity contribution is 5.78. The number of carbonyl (C=O) groups is 1. The minimum atomic E-state index is -0.875. The summed E-state index contributed by atoms with van der Waals surface area (Å²) < 4.78 is 5.75. The van der Waals surface area contributed by atoms with E-state index in [2.05, 4.69) is 18.3 Å². The molecule has 0 bridgehead atoms. The zero-order chi connectivity index (χ0) is 15.2. The molecule has 0 aliphatic rings. The third-order valence-electron chi connectivity index (χ3n) is 3.67. The topological polar surface area (TPSA) is 58.6 Å². The van der Waals surface area contributed by atoms with E-state index in [0.717, 1.165) is 11.3 Å². The fraction of sp³-hybridized carbons (Fsp3) is 0.562. The highest BCUT2D eigenvalue weighted by atomic mass is 16.5. The number of carboxylic acids is 1. The number of ether oxygens (including phenoxy) is 1. The first-order valence-electron chi connectivity index (χ1n) is 7.08. The first-order chi connectivity index (χ1) is 9.40. The average Bonchev–Trinajstić information content (AvgIpc) is 2.39. The molecular weight excluding hydrogens is 254 g/mol. The lowest BCUT2D eigenvalue weighted by Crippen LogP contribution is -2.49. The molecule has 4 heteroatoms. The summed E-state index contributed by atoms with van der Waals surface area (Å²) in [4.78, 5) is 11.3. The lowest BCUT2D eigenvalue weighted by Gasteiger charge is -2.25. The van der Waals surface area contributed by atoms with Gasteiger partial charge in [0.15, 0.2) is 0 Å². The van der Waals surface area contributed by atoms with Crippen molar-refractivity contribution in [2.75, 3.05) is 13.2 Å². The molecule has 20 heavy (non-hydrogen) atoms. The predicted molar refractivity (Wildman–Crippen MR) is 80.4 cm³/mol. The Balaban J connectivity index is 2.48. The molecule has 1 aromatic carbocycles. The van der Waals surface area contributed by atoms with E-state index in [1.54, 1.807) is 6.92 Å². The van der Waals surface area contributed by atoms with Crippen molar-refractivity contribution in [3.63, 3.8) is 0 Å². The summed E-state index contributed by atoms with van der Waals surface area (Å²) in [7, 11) is 0. The first-order valence-corrected chi connectivity index (χ1v) is 7.08. The van der Waals surface area contributed by atoms with Crippen molar-refractivity contribution in [3.8, 4) is 5.75 Å². The van der Waals surface area contributed by atoms with Gasteiger partial charge in [0.1, 0.15) is 11.3 Å². The lowest BCUT2D eigenvalue weighted by molar-refractivity contribution is -0.144. The van der Waals surface area contributed by atoms with Gasteiger partial charge in [-0.1, -0.05) is 19.1 Å². The van der Waals surface area contributed by atoms with Gasteiger partial charge in [-0.3, -0.25) is 4.79 Å². The molecule has 1 rings (SSSR count). The van der Waals surface area contributed by atoms with Crippen molar-refractivity contribution in [2.45, 2.75) is 46.1 Å². The number of aryl methyl sites for hydroxylation is 1. The van der Waals surface area contributed by atoms with Gasteiger partial charge in [-0.25, -0.2) is 0 Å². The normalized spacial score (nSPS) is 13.8. The van der Waals surface area contributed by atoms with Gasteiger partial charge in [0.2, 0.25) is 0 Å². The van der Waals surface area contributed by atoms with Crippen LogP contribution in [0.25, 0.3) is 0 Å². The highest BCUT2D eigenvalue weighted by Gasteiger charge is 2.31. The van der Waals surface area contributed by atoms with Gasteiger partial charge in [-0.15, -0.1) is 0 Å². The third-order valence-corrected chi connectivity index (χ3v) is 3.67. The monoisotopic (exact) mass is 279 g/mol. The standard InChI is InChI=1S/C16H25NO3/c1-5-17-16(4,15(18)19)10-7-11-20-14-9-6-8-12(2)13(14)3/h6,8-9,17H,5,7,10-11H2,1-4H3,(H,18,19). The zero-order valence-electron chi connectivity index (χ0n) is 12.8. The predicted octanol–water partition coefficient (Wildman–Crippen LogP) is 2.92. The minimum absolute atomic E-state index is 0.526. The van der Waals surface area contributed by atoms with Crippen molar-refractivity contribution >= 4 is 5.97 Å². The van der Waals surface area contributed by atoms with Crippen molar-refractivity contribution in [2.24, 2.45) is 0 Å². The molecule has 0 spiro atoms. The van der Waals surface area contributed by atoms with Gasteiger partial charge in [0, 0.05) is 0 Å². The Hall–Kier alpha value is -1.55. The number of likely N-dealkylation sites (N-methyl/N-ethyl adjacent to an activating group) is 1. The number of benzene rings is 1. The Morgan fingerprint density at radius 1 is 1.40 bits per heavy atom. The first kappa shape index (κ1) is 16.5. The van der Waals surface area contributed by atoms with E-state index in [0.29, 0.717) is 26.0 Å². The number of rotatable bonds is 8. The highest BCUT2D eigenvalue weighted by Crippen LogP contribution is 2.21. The minimum Gasteiger partial charge on any atom is -0.493 e. The Bertz CT molecular complexity index is 459. The van der Waals surface area contributed by atoms with Gasteiger partial charge in [-0.05, 0) is 57.4 Å². The van der Waals surface area contributed by atoms with Crippen LogP contribution in [0.2, 0.25) is 0 Å². The molecule has 1 unspecified atom stereocenters. The summed E-state index contributed by atoms with van der Waals surface area (Å²) in [5.74, 6) is 0.0663. The van der Waals surface area contributed by atoms with Crippen LogP contribution in [0.5, 0.6) is 5.75 Å². The molecule has 112 valence electrons. The van der Waals surface area contributed by atoms with E-state index in [9.17, 15) is 9.90 Å². The molecule has 0 radical (unpaired) electrons. The Morgan fingerprint density at radius 3 is 2.70 bits per heavy atom. The molecule has 0 saturated carbocycles. The van der Waals surface area contributed by atoms with E-state index >= 15 is 0 Å². The number of hydrogen-bond acceptors (Lipinski definition) is 3. The Kier molecular flexibility index (Phi) is 6.02. The van der Waals surface area contributed by atoms with E-state index in [1.165, 1.54) is 5.56 Å². The van der Waals surface area contributed by atoms with Crippen LogP contribution in [0.15, 0.2) is 18.2 Å². The number of hydrogen-bond donors (Lipinski definition) is 2. The second-order valence-electron chi connectivity index (χ2n) is 5.32. The Morgan fingerprint density at radius 2 is 2.10 bits per heavy atom. The summed E-state index contributed by atoms with van der Waals surface area (Å²) in [6.07, 6.45) is 1.24. The average molecular weight is 279 g/mol. The van der Waals surface area contributed by atoms with Gasteiger partial charge in [0.05, 0.1) is 6.61 Å². The van der Waals surface area contributed by atoms with Crippen LogP contribution in [-0.4, -0.2) is 29.8 Å². The second-order valence-corrected chi connectivity index (χ2v) is 5.32. The summed E-state index contributed by atoms with van der Waals surface area (Å²) in [5.41, 5.74) is 1.46. The van der Waals surface area contributed by atoms with Gasteiger partial charge < -0.3 is 15.2 Å². The summed E-state index contributed by atoms with van der Waals surface area (Å²) in [6, 6.07) is 5.97. The largest absolute Gasteiger partial charge is 0.493 e. The van der Waals surface area contributed by atoms with Crippen LogP contribution in [0.1, 0.15) is 37.8 Å². The van der Waals surface area contributed by atoms with Crippen LogP contribution in [-0.2, 0) is 4.79 Å². The maximum absolute atomic E-state index is 11.3. The number of nitrogens with one attached hydrogen (secondary N) is 1. The molecule has 0 amide bonds. The van der Waals surface area contributed by atoms with Crippen LogP contribution in [0.4, 0.5) is 0 Å². The van der Waals surface area contributed by atoms with E-state index < -0.39 is 11.5 Å². The molecule has 0 aromatic heterocycles. The molecule has 0 fully saturated rings. The fourth-order valence-corrected chi connectivity index (χ4v) is 2.15. The van der Waals surface area contributed by atoms with Gasteiger partial charge >= 0.3 is 5.97 Å². The zero-order valence-corrected chi connectivity index (χ0v) is 12.8. The molecule has 0 saturated heterocycles. The molecule has 0 aliphatic carbocycles. The van der Waals surface area contributed by atoms with Crippen LogP contribution >= 0.6 is 0 Å². The van der Waals surface area contributed by atoms with Gasteiger partial charge in [0.25, 0.3) is 0 Å². The Labute approximate surface area is 121 Å². The quantitative estimate of drug-likeness (QED) is 0.718. The van der Waals surface area contributed by atoms with Gasteiger partial charge in [-0.2, -0.15) is 0 Å². The molecule has 4 nitrogen and oxygen atoms in total. The lowest BCUT2D eigenvalue weighted by atomic mass is 9.96. The smallest absolute Gasteiger partial charge is 0.323 e. The molecular formula is C16H25NO3. The maximum atomic E-state index is 11.3. The van der Waals surface area contributed by atoms with Crippen LogP contribution < -0.4 is 10.1 Å². The van der Waals surface area contributed by atoms with E-state index in [-0.39, 0.29) is 0 Å². The number of carboxylic acid groups (broad SMARTS) is 1. The second kappa shape index (κ2) is 7.29. The van der Waals surface area contributed by atoms with E-state index in [4.69, 9.17) is 4.74 Å². The van der Waals surface area contributed by atoms with Crippen molar-refractivity contribution in [1.82, 2.24) is 5.32 Å². The fourth-order valence-electron chi connectivity index (χ4n) is 2.15. The molecule has 0 aliphatic heterocycles. The van der Waals surface area contributed by atoms with Crippen molar-refractivity contribution in [1.29, 1.82) is 0 Å². The molecule has 1 atom stereocenters. The third kappa shape index (κ3) is 4.23. The van der Waals surface area contributed by atoms with Crippen molar-refractivity contribution < 1.29 is 14.6 Å². The molecule has 1 aromatic rings.